The fourth-order valence-corrected chi connectivity index (χ4v) is 3.89. The maximum atomic E-state index is 12.8. The monoisotopic (exact) mass is 475 g/mol. The first-order valence-corrected chi connectivity index (χ1v) is 11.3. The van der Waals surface area contributed by atoms with Gasteiger partial charge in [0.25, 0.3) is 5.91 Å². The summed E-state index contributed by atoms with van der Waals surface area (Å²) in [6, 6.07) is 12.6. The first-order chi connectivity index (χ1) is 15.2. The van der Waals surface area contributed by atoms with Crippen molar-refractivity contribution >= 4 is 33.2 Å². The van der Waals surface area contributed by atoms with Crippen LogP contribution < -0.4 is 14.8 Å². The van der Waals surface area contributed by atoms with E-state index in [-0.39, 0.29) is 22.1 Å². The molecule has 3 rings (SSSR count). The van der Waals surface area contributed by atoms with Crippen molar-refractivity contribution in [1.29, 1.82) is 0 Å². The molecule has 0 fully saturated rings. The van der Waals surface area contributed by atoms with Gasteiger partial charge in [0.2, 0.25) is 10.0 Å². The summed E-state index contributed by atoms with van der Waals surface area (Å²) in [6.45, 7) is 0.284. The Hall–Kier alpha value is -3.14. The molecule has 0 saturated carbocycles. The lowest BCUT2D eigenvalue weighted by molar-refractivity contribution is 0.102. The predicted octanol–water partition coefficient (Wildman–Crippen LogP) is 3.83. The Labute approximate surface area is 191 Å². The van der Waals surface area contributed by atoms with Crippen LogP contribution in [0.15, 0.2) is 65.8 Å². The van der Waals surface area contributed by atoms with Gasteiger partial charge in [-0.25, -0.2) is 12.7 Å². The second-order valence-electron chi connectivity index (χ2n) is 6.89. The number of aromatic nitrogens is 1. The van der Waals surface area contributed by atoms with Gasteiger partial charge in [-0.3, -0.25) is 9.78 Å². The van der Waals surface area contributed by atoms with Crippen LogP contribution in [0.3, 0.4) is 0 Å². The molecule has 1 N–H and O–H groups in total. The van der Waals surface area contributed by atoms with E-state index < -0.39 is 15.9 Å². The maximum absolute atomic E-state index is 12.8. The second kappa shape index (κ2) is 9.99. The predicted molar refractivity (Wildman–Crippen MR) is 122 cm³/mol. The van der Waals surface area contributed by atoms with Crippen molar-refractivity contribution in [3.05, 3.63) is 77.1 Å². The quantitative estimate of drug-likeness (QED) is 0.531. The molecule has 1 heterocycles. The molecule has 0 unspecified atom stereocenters. The third-order valence-corrected chi connectivity index (χ3v) is 6.67. The lowest BCUT2D eigenvalue weighted by Gasteiger charge is -2.15. The topological polar surface area (TPSA) is 97.8 Å². The summed E-state index contributed by atoms with van der Waals surface area (Å²) < 4.78 is 37.0. The number of pyridine rings is 1. The molecule has 32 heavy (non-hydrogen) atoms. The number of nitrogens with one attached hydrogen (secondary N) is 1. The third-order valence-electron chi connectivity index (χ3n) is 4.53. The van der Waals surface area contributed by atoms with Crippen molar-refractivity contribution in [2.45, 2.75) is 11.5 Å². The molecule has 3 aromatic rings. The lowest BCUT2D eigenvalue weighted by atomic mass is 10.2. The smallest absolute Gasteiger partial charge is 0.257 e. The summed E-state index contributed by atoms with van der Waals surface area (Å²) in [5, 5.41) is 2.85. The van der Waals surface area contributed by atoms with Gasteiger partial charge in [-0.05, 0) is 48.0 Å². The highest BCUT2D eigenvalue weighted by atomic mass is 35.5. The third kappa shape index (κ3) is 5.37. The van der Waals surface area contributed by atoms with E-state index in [0.29, 0.717) is 17.2 Å². The van der Waals surface area contributed by atoms with Crippen LogP contribution in [-0.4, -0.2) is 44.8 Å². The number of halogens is 1. The number of sulfonamides is 1. The van der Waals surface area contributed by atoms with Crippen molar-refractivity contribution in [1.82, 2.24) is 9.29 Å². The van der Waals surface area contributed by atoms with Crippen molar-refractivity contribution < 1.29 is 22.7 Å². The van der Waals surface area contributed by atoms with Gasteiger partial charge in [0.15, 0.2) is 11.5 Å². The van der Waals surface area contributed by atoms with Crippen molar-refractivity contribution in [3.8, 4) is 11.5 Å². The molecule has 0 aliphatic carbocycles. The summed E-state index contributed by atoms with van der Waals surface area (Å²) in [7, 11) is 0.621. The Kier molecular flexibility index (Phi) is 7.34. The van der Waals surface area contributed by atoms with Crippen LogP contribution in [0.2, 0.25) is 5.02 Å². The molecule has 1 amide bonds. The molecule has 0 spiro atoms. The molecule has 1 aromatic heterocycles. The summed E-state index contributed by atoms with van der Waals surface area (Å²) in [4.78, 5) is 16.8. The summed E-state index contributed by atoms with van der Waals surface area (Å²) in [5.41, 5.74) is 1.38. The number of hydrogen-bond donors (Lipinski definition) is 1. The van der Waals surface area contributed by atoms with E-state index in [2.05, 4.69) is 10.3 Å². The highest BCUT2D eigenvalue weighted by Crippen LogP contribution is 2.31. The molecule has 0 atom stereocenters. The Morgan fingerprint density at radius 1 is 1.06 bits per heavy atom. The zero-order valence-electron chi connectivity index (χ0n) is 17.7. The van der Waals surface area contributed by atoms with Gasteiger partial charge in [0.1, 0.15) is 6.61 Å². The molecular formula is C22H22ClN3O5S. The highest BCUT2D eigenvalue weighted by molar-refractivity contribution is 7.89. The van der Waals surface area contributed by atoms with E-state index in [4.69, 9.17) is 21.1 Å². The maximum Gasteiger partial charge on any atom is 0.257 e. The SMILES string of the molecule is COc1ccc(NC(=O)c2cc(S(=O)(=O)N(C)C)ccc2Cl)cc1OCc1ccncc1. The minimum absolute atomic E-state index is 0.0321. The first kappa shape index (κ1) is 23.5. The second-order valence-corrected chi connectivity index (χ2v) is 9.45. The van der Waals surface area contributed by atoms with Crippen LogP contribution in [0.25, 0.3) is 0 Å². The Morgan fingerprint density at radius 3 is 2.44 bits per heavy atom. The van der Waals surface area contributed by atoms with E-state index >= 15 is 0 Å². The number of rotatable bonds is 8. The number of carbonyl (C=O) groups excluding carboxylic acids is 1. The molecule has 0 radical (unpaired) electrons. The standard InChI is InChI=1S/C22H22ClN3O5S/c1-26(2)32(28,29)17-5-6-19(23)18(13-17)22(27)25-16-4-7-20(30-3)21(12-16)31-14-15-8-10-24-11-9-15/h4-13H,14H2,1-3H3,(H,25,27). The van der Waals surface area contributed by atoms with E-state index in [0.717, 1.165) is 9.87 Å². The molecule has 0 bridgehead atoms. The average Bonchev–Trinajstić information content (AvgIpc) is 2.78. The first-order valence-electron chi connectivity index (χ1n) is 9.45. The number of nitrogens with zero attached hydrogens (tertiary/aromatic N) is 2. The minimum Gasteiger partial charge on any atom is -0.493 e. The van der Waals surface area contributed by atoms with Crippen LogP contribution in [0.4, 0.5) is 5.69 Å². The fraction of sp³-hybridized carbons (Fsp3) is 0.182. The Balaban J connectivity index is 1.83. The van der Waals surface area contributed by atoms with Crippen LogP contribution in [0.5, 0.6) is 11.5 Å². The van der Waals surface area contributed by atoms with Crippen LogP contribution >= 0.6 is 11.6 Å². The Bertz CT molecular complexity index is 1220. The number of carbonyl (C=O) groups is 1. The zero-order valence-corrected chi connectivity index (χ0v) is 19.3. The van der Waals surface area contributed by atoms with Crippen LogP contribution in [-0.2, 0) is 16.6 Å². The molecule has 0 saturated heterocycles. The lowest BCUT2D eigenvalue weighted by Crippen LogP contribution is -2.23. The van der Waals surface area contributed by atoms with Gasteiger partial charge < -0.3 is 14.8 Å². The largest absolute Gasteiger partial charge is 0.493 e. The average molecular weight is 476 g/mol. The molecule has 2 aromatic carbocycles. The summed E-state index contributed by atoms with van der Waals surface area (Å²) >= 11 is 6.16. The van der Waals surface area contributed by atoms with Crippen molar-refractivity contribution in [2.24, 2.45) is 0 Å². The van der Waals surface area contributed by atoms with E-state index in [1.165, 1.54) is 39.4 Å². The van der Waals surface area contributed by atoms with Gasteiger partial charge in [0, 0.05) is 38.2 Å². The molecule has 10 heteroatoms. The van der Waals surface area contributed by atoms with Crippen molar-refractivity contribution in [3.63, 3.8) is 0 Å². The highest BCUT2D eigenvalue weighted by Gasteiger charge is 2.21. The molecule has 0 aliphatic rings. The van der Waals surface area contributed by atoms with Crippen LogP contribution in [0.1, 0.15) is 15.9 Å². The summed E-state index contributed by atoms with van der Waals surface area (Å²) in [6.07, 6.45) is 3.34. The number of methoxy groups -OCH3 is 1. The normalized spacial score (nSPS) is 11.3. The number of hydrogen-bond acceptors (Lipinski definition) is 6. The van der Waals surface area contributed by atoms with Gasteiger partial charge in [0.05, 0.1) is 22.6 Å². The molecule has 168 valence electrons. The van der Waals surface area contributed by atoms with Gasteiger partial charge in [-0.2, -0.15) is 0 Å². The molecular weight excluding hydrogens is 454 g/mol. The minimum atomic E-state index is -3.72. The molecule has 8 nitrogen and oxygen atoms in total. The fourth-order valence-electron chi connectivity index (χ4n) is 2.76. The van der Waals surface area contributed by atoms with Gasteiger partial charge in [-0.15, -0.1) is 0 Å². The van der Waals surface area contributed by atoms with E-state index in [1.807, 2.05) is 12.1 Å². The number of benzene rings is 2. The van der Waals surface area contributed by atoms with Gasteiger partial charge in [-0.1, -0.05) is 11.6 Å². The Morgan fingerprint density at radius 2 is 1.78 bits per heavy atom. The molecule has 0 aliphatic heterocycles. The number of ether oxygens (including phenoxy) is 2. The van der Waals surface area contributed by atoms with E-state index in [9.17, 15) is 13.2 Å². The number of amides is 1. The van der Waals surface area contributed by atoms with Gasteiger partial charge >= 0.3 is 0 Å². The zero-order chi connectivity index (χ0) is 23.3. The number of anilines is 1. The van der Waals surface area contributed by atoms with Crippen molar-refractivity contribution in [2.75, 3.05) is 26.5 Å². The van der Waals surface area contributed by atoms with Crippen LogP contribution in [0, 0.1) is 0 Å². The van der Waals surface area contributed by atoms with E-state index in [1.54, 1.807) is 30.6 Å². The summed E-state index contributed by atoms with van der Waals surface area (Å²) in [5.74, 6) is 0.363.